The van der Waals surface area contributed by atoms with Crippen molar-refractivity contribution < 1.29 is 9.53 Å². The van der Waals surface area contributed by atoms with E-state index in [1.165, 1.54) is 6.33 Å². The van der Waals surface area contributed by atoms with Gasteiger partial charge in [0.1, 0.15) is 18.4 Å². The summed E-state index contributed by atoms with van der Waals surface area (Å²) < 4.78 is 7.47. The lowest BCUT2D eigenvalue weighted by Crippen LogP contribution is -2.40. The van der Waals surface area contributed by atoms with Crippen LogP contribution in [0.25, 0.3) is 0 Å². The van der Waals surface area contributed by atoms with E-state index in [1.807, 2.05) is 38.1 Å². The summed E-state index contributed by atoms with van der Waals surface area (Å²) in [5.74, 6) is 0.593. The summed E-state index contributed by atoms with van der Waals surface area (Å²) in [6, 6.07) is 7.75. The fourth-order valence-corrected chi connectivity index (χ4v) is 2.43. The molecule has 6 nitrogen and oxygen atoms in total. The Bertz CT molecular complexity index is 662. The Hall–Kier alpha value is -2.37. The van der Waals surface area contributed by atoms with Gasteiger partial charge in [0.25, 0.3) is 5.91 Å². The van der Waals surface area contributed by atoms with E-state index < -0.39 is 0 Å². The van der Waals surface area contributed by atoms with Gasteiger partial charge in [-0.05, 0) is 30.9 Å². The Morgan fingerprint density at radius 3 is 2.62 bits per heavy atom. The standard InChI is InChI=1S/C18H26N4O2/c1-13(14(2)22-12-19-11-20-22)21-17(23)10-24-16-9-7-6-8-15(16)18(3,4)5/h6-9,11-14H,10H2,1-5H3,(H,21,23)/t13-,14+/m1/s1. The van der Waals surface area contributed by atoms with Crippen LogP contribution in [0.3, 0.4) is 0 Å². The van der Waals surface area contributed by atoms with E-state index in [-0.39, 0.29) is 30.0 Å². The van der Waals surface area contributed by atoms with E-state index in [4.69, 9.17) is 4.74 Å². The first-order valence-corrected chi connectivity index (χ1v) is 8.15. The zero-order chi connectivity index (χ0) is 17.7. The third-order valence-corrected chi connectivity index (χ3v) is 4.02. The molecule has 0 unspecified atom stereocenters. The van der Waals surface area contributed by atoms with Crippen molar-refractivity contribution in [3.05, 3.63) is 42.5 Å². The predicted molar refractivity (Wildman–Crippen MR) is 93.0 cm³/mol. The van der Waals surface area contributed by atoms with E-state index in [0.717, 1.165) is 11.3 Å². The first-order chi connectivity index (χ1) is 11.3. The molecule has 0 spiro atoms. The van der Waals surface area contributed by atoms with Crippen LogP contribution in [-0.4, -0.2) is 33.3 Å². The molecule has 0 radical (unpaired) electrons. The smallest absolute Gasteiger partial charge is 0.258 e. The molecule has 130 valence electrons. The molecule has 0 aliphatic carbocycles. The number of rotatable bonds is 6. The van der Waals surface area contributed by atoms with Gasteiger partial charge in [-0.1, -0.05) is 39.0 Å². The molecule has 0 saturated heterocycles. The van der Waals surface area contributed by atoms with Crippen molar-refractivity contribution in [1.82, 2.24) is 20.1 Å². The zero-order valence-corrected chi connectivity index (χ0v) is 15.0. The minimum Gasteiger partial charge on any atom is -0.483 e. The van der Waals surface area contributed by atoms with Crippen LogP contribution in [0.4, 0.5) is 0 Å². The van der Waals surface area contributed by atoms with Crippen molar-refractivity contribution >= 4 is 5.91 Å². The number of aromatic nitrogens is 3. The average molecular weight is 330 g/mol. The van der Waals surface area contributed by atoms with Gasteiger partial charge in [-0.15, -0.1) is 0 Å². The predicted octanol–water partition coefficient (Wildman–Crippen LogP) is 2.72. The van der Waals surface area contributed by atoms with Crippen LogP contribution in [0, 0.1) is 0 Å². The van der Waals surface area contributed by atoms with E-state index in [9.17, 15) is 4.79 Å². The molecule has 1 aromatic heterocycles. The highest BCUT2D eigenvalue weighted by molar-refractivity contribution is 5.77. The number of hydrogen-bond donors (Lipinski definition) is 1. The van der Waals surface area contributed by atoms with Gasteiger partial charge < -0.3 is 10.1 Å². The highest BCUT2D eigenvalue weighted by Gasteiger charge is 2.20. The highest BCUT2D eigenvalue weighted by atomic mass is 16.5. The van der Waals surface area contributed by atoms with Crippen molar-refractivity contribution in [1.29, 1.82) is 0 Å². The van der Waals surface area contributed by atoms with Gasteiger partial charge >= 0.3 is 0 Å². The van der Waals surface area contributed by atoms with Crippen LogP contribution in [0.5, 0.6) is 5.75 Å². The van der Waals surface area contributed by atoms with Gasteiger partial charge in [0.05, 0.1) is 6.04 Å². The first kappa shape index (κ1) is 18.0. The SMILES string of the molecule is C[C@@H](NC(=O)COc1ccccc1C(C)(C)C)[C@H](C)n1cncn1. The summed E-state index contributed by atoms with van der Waals surface area (Å²) in [4.78, 5) is 16.1. The Kier molecular flexibility index (Phi) is 5.59. The number of nitrogens with zero attached hydrogens (tertiary/aromatic N) is 3. The van der Waals surface area contributed by atoms with Crippen LogP contribution in [0.15, 0.2) is 36.9 Å². The second-order valence-electron chi connectivity index (χ2n) is 7.01. The lowest BCUT2D eigenvalue weighted by molar-refractivity contribution is -0.124. The topological polar surface area (TPSA) is 69.0 Å². The maximum Gasteiger partial charge on any atom is 0.258 e. The minimum absolute atomic E-state index is 0.0123. The maximum absolute atomic E-state index is 12.2. The van der Waals surface area contributed by atoms with E-state index in [1.54, 1.807) is 11.0 Å². The van der Waals surface area contributed by atoms with Gasteiger partial charge in [0, 0.05) is 6.04 Å². The second kappa shape index (κ2) is 7.47. The normalized spacial score (nSPS) is 14.0. The molecule has 0 aliphatic heterocycles. The van der Waals surface area contributed by atoms with E-state index >= 15 is 0 Å². The van der Waals surface area contributed by atoms with Crippen molar-refractivity contribution in [3.63, 3.8) is 0 Å². The van der Waals surface area contributed by atoms with Crippen LogP contribution in [0.1, 0.15) is 46.2 Å². The number of amides is 1. The fraction of sp³-hybridized carbons (Fsp3) is 0.500. The monoisotopic (exact) mass is 330 g/mol. The summed E-state index contributed by atoms with van der Waals surface area (Å²) >= 11 is 0. The third-order valence-electron chi connectivity index (χ3n) is 4.02. The number of nitrogens with one attached hydrogen (secondary N) is 1. The van der Waals surface area contributed by atoms with Gasteiger partial charge in [-0.2, -0.15) is 5.10 Å². The molecule has 0 fully saturated rings. The summed E-state index contributed by atoms with van der Waals surface area (Å²) in [6.07, 6.45) is 3.13. The number of para-hydroxylation sites is 1. The lowest BCUT2D eigenvalue weighted by atomic mass is 9.86. The zero-order valence-electron chi connectivity index (χ0n) is 15.0. The van der Waals surface area contributed by atoms with E-state index in [2.05, 4.69) is 36.2 Å². The highest BCUT2D eigenvalue weighted by Crippen LogP contribution is 2.30. The van der Waals surface area contributed by atoms with Crippen molar-refractivity contribution in [2.75, 3.05) is 6.61 Å². The lowest BCUT2D eigenvalue weighted by Gasteiger charge is -2.23. The largest absolute Gasteiger partial charge is 0.483 e. The molecular weight excluding hydrogens is 304 g/mol. The molecule has 2 aromatic rings. The van der Waals surface area contributed by atoms with Crippen LogP contribution in [0.2, 0.25) is 0 Å². The summed E-state index contributed by atoms with van der Waals surface area (Å²) in [6.45, 7) is 10.3. The first-order valence-electron chi connectivity index (χ1n) is 8.15. The van der Waals surface area contributed by atoms with E-state index in [0.29, 0.717) is 0 Å². The number of benzene rings is 1. The van der Waals surface area contributed by atoms with Gasteiger partial charge in [-0.3, -0.25) is 4.79 Å². The van der Waals surface area contributed by atoms with Crippen LogP contribution >= 0.6 is 0 Å². The number of carbonyl (C=O) groups is 1. The molecule has 6 heteroatoms. The molecule has 1 N–H and O–H groups in total. The summed E-state index contributed by atoms with van der Waals surface area (Å²) in [5, 5.41) is 7.04. The van der Waals surface area contributed by atoms with Crippen LogP contribution < -0.4 is 10.1 Å². The van der Waals surface area contributed by atoms with Crippen molar-refractivity contribution in [3.8, 4) is 5.75 Å². The molecule has 1 aromatic carbocycles. The molecule has 2 atom stereocenters. The molecule has 24 heavy (non-hydrogen) atoms. The second-order valence-corrected chi connectivity index (χ2v) is 7.01. The molecule has 0 saturated carbocycles. The molecule has 0 aliphatic rings. The van der Waals surface area contributed by atoms with Gasteiger partial charge in [0.15, 0.2) is 6.61 Å². The Balaban J connectivity index is 1.92. The maximum atomic E-state index is 12.2. The van der Waals surface area contributed by atoms with Crippen LogP contribution in [-0.2, 0) is 10.2 Å². The van der Waals surface area contributed by atoms with Crippen molar-refractivity contribution in [2.45, 2.75) is 52.1 Å². The molecule has 1 heterocycles. The Morgan fingerprint density at radius 1 is 1.29 bits per heavy atom. The number of carbonyl (C=O) groups excluding carboxylic acids is 1. The molecular formula is C18H26N4O2. The molecule has 0 bridgehead atoms. The Morgan fingerprint density at radius 2 is 2.00 bits per heavy atom. The molecule has 2 rings (SSSR count). The van der Waals surface area contributed by atoms with Gasteiger partial charge in [0.2, 0.25) is 0 Å². The molecule has 1 amide bonds. The number of hydrogen-bond acceptors (Lipinski definition) is 4. The number of ether oxygens (including phenoxy) is 1. The summed E-state index contributed by atoms with van der Waals surface area (Å²) in [7, 11) is 0. The Labute approximate surface area is 143 Å². The third kappa shape index (κ3) is 4.57. The van der Waals surface area contributed by atoms with Crippen molar-refractivity contribution in [2.24, 2.45) is 0 Å². The minimum atomic E-state index is -0.154. The fourth-order valence-electron chi connectivity index (χ4n) is 2.43. The van der Waals surface area contributed by atoms with Gasteiger partial charge in [-0.25, -0.2) is 9.67 Å². The average Bonchev–Trinajstić information content (AvgIpc) is 3.06. The quantitative estimate of drug-likeness (QED) is 0.884. The summed E-state index contributed by atoms with van der Waals surface area (Å²) in [5.41, 5.74) is 1.05.